The number of imidazole rings is 1. The van der Waals surface area contributed by atoms with E-state index in [-0.39, 0.29) is 33.7 Å². The fourth-order valence-corrected chi connectivity index (χ4v) is 2.61. The minimum absolute atomic E-state index is 0.186. The summed E-state index contributed by atoms with van der Waals surface area (Å²) in [6, 6.07) is -0.186. The molecule has 1 aromatic rings. The molecule has 0 spiro atoms. The van der Waals surface area contributed by atoms with E-state index in [1.807, 2.05) is 4.57 Å². The van der Waals surface area contributed by atoms with Gasteiger partial charge in [0.15, 0.2) is 0 Å². The molecule has 2 aliphatic heterocycles. The predicted octanol–water partition coefficient (Wildman–Crippen LogP) is -0.190. The van der Waals surface area contributed by atoms with E-state index >= 15 is 0 Å². The van der Waals surface area contributed by atoms with E-state index in [9.17, 15) is 4.57 Å². The maximum absolute atomic E-state index is 10.3. The molecule has 0 radical (unpaired) electrons. The average molecular weight is 298 g/mol. The van der Waals surface area contributed by atoms with Crippen molar-refractivity contribution in [3.8, 4) is 0 Å². The standard InChI is InChI=1S/C10H15N6O3P/c11-5-1-7(19-6(5)2-18-20-17)16-4-15-8-9(12)13-3-14-10(8)16/h4-7,14H,1-3,11H2,(H2,12,13)/t5-,6-,7-/m1/s1. The number of nitrogens with one attached hydrogen (secondary N) is 1. The lowest BCUT2D eigenvalue weighted by molar-refractivity contribution is -0.0173. The van der Waals surface area contributed by atoms with E-state index < -0.39 is 0 Å². The van der Waals surface area contributed by atoms with Gasteiger partial charge in [0.05, 0.1) is 19.0 Å². The quantitative estimate of drug-likeness (QED) is 0.657. The topological polar surface area (TPSA) is 130 Å². The fraction of sp³-hybridized carbons (Fsp3) is 0.600. The van der Waals surface area contributed by atoms with Crippen LogP contribution in [0.2, 0.25) is 0 Å². The summed E-state index contributed by atoms with van der Waals surface area (Å²) >= 11 is 0. The van der Waals surface area contributed by atoms with Gasteiger partial charge in [-0.3, -0.25) is 9.09 Å². The van der Waals surface area contributed by atoms with E-state index in [2.05, 4.69) is 15.3 Å². The highest BCUT2D eigenvalue weighted by Crippen LogP contribution is 2.32. The highest BCUT2D eigenvalue weighted by molar-refractivity contribution is 7.17. The number of amidine groups is 1. The first-order valence-corrected chi connectivity index (χ1v) is 6.90. The maximum Gasteiger partial charge on any atom is 0.327 e. The Bertz CT molecular complexity index is 547. The van der Waals surface area contributed by atoms with Gasteiger partial charge in [-0.2, -0.15) is 0 Å². The Morgan fingerprint density at radius 3 is 3.30 bits per heavy atom. The van der Waals surface area contributed by atoms with Crippen LogP contribution in [-0.2, 0) is 13.8 Å². The molecule has 0 unspecified atom stereocenters. The molecule has 108 valence electrons. The summed E-state index contributed by atoms with van der Waals surface area (Å²) in [5.74, 6) is 1.18. The molecule has 2 aliphatic rings. The monoisotopic (exact) mass is 298 g/mol. The Balaban J connectivity index is 1.78. The fourth-order valence-electron chi connectivity index (χ4n) is 2.41. The summed E-state index contributed by atoms with van der Waals surface area (Å²) < 4.78 is 22.8. The van der Waals surface area contributed by atoms with Crippen molar-refractivity contribution in [1.29, 1.82) is 0 Å². The molecule has 10 heteroatoms. The van der Waals surface area contributed by atoms with Crippen molar-refractivity contribution in [3.63, 3.8) is 0 Å². The Morgan fingerprint density at radius 1 is 1.65 bits per heavy atom. The molecule has 9 nitrogen and oxygen atoms in total. The zero-order valence-corrected chi connectivity index (χ0v) is 11.5. The first kappa shape index (κ1) is 13.4. The van der Waals surface area contributed by atoms with E-state index in [4.69, 9.17) is 20.7 Å². The zero-order valence-electron chi connectivity index (χ0n) is 10.6. The van der Waals surface area contributed by atoms with Crippen molar-refractivity contribution in [2.75, 3.05) is 18.6 Å². The van der Waals surface area contributed by atoms with Crippen molar-refractivity contribution in [2.24, 2.45) is 16.5 Å². The van der Waals surface area contributed by atoms with Crippen molar-refractivity contribution in [3.05, 3.63) is 12.0 Å². The Kier molecular flexibility index (Phi) is 3.66. The molecule has 0 bridgehead atoms. The second-order valence-electron chi connectivity index (χ2n) is 4.63. The van der Waals surface area contributed by atoms with Crippen LogP contribution in [0.1, 0.15) is 18.3 Å². The van der Waals surface area contributed by atoms with Crippen LogP contribution in [0.4, 0.5) is 5.82 Å². The van der Waals surface area contributed by atoms with Gasteiger partial charge in [0.1, 0.15) is 30.2 Å². The summed E-state index contributed by atoms with van der Waals surface area (Å²) in [4.78, 5) is 8.30. The van der Waals surface area contributed by atoms with Crippen LogP contribution in [0.15, 0.2) is 11.3 Å². The van der Waals surface area contributed by atoms with Gasteiger partial charge in [0, 0.05) is 12.5 Å². The molecule has 1 saturated heterocycles. The van der Waals surface area contributed by atoms with Crippen LogP contribution in [0.25, 0.3) is 0 Å². The van der Waals surface area contributed by atoms with Gasteiger partial charge in [0.2, 0.25) is 0 Å². The number of hydrogen-bond acceptors (Lipinski definition) is 8. The van der Waals surface area contributed by atoms with Crippen molar-refractivity contribution in [1.82, 2.24) is 9.55 Å². The lowest BCUT2D eigenvalue weighted by Crippen LogP contribution is -2.32. The third-order valence-electron chi connectivity index (χ3n) is 3.42. The minimum Gasteiger partial charge on any atom is -0.382 e. The number of nitrogens with two attached hydrogens (primary N) is 2. The summed E-state index contributed by atoms with van der Waals surface area (Å²) in [6.45, 7) is 0.599. The van der Waals surface area contributed by atoms with E-state index in [0.717, 1.165) is 5.82 Å². The third kappa shape index (κ3) is 2.29. The lowest BCUT2D eigenvalue weighted by Gasteiger charge is -2.19. The van der Waals surface area contributed by atoms with Gasteiger partial charge >= 0.3 is 8.69 Å². The molecule has 3 heterocycles. The SMILES string of the molecule is NC1=NCNc2c1ncn2[C@H]1C[C@@H](N)[C@@H](COP=O)O1. The van der Waals surface area contributed by atoms with Crippen LogP contribution in [0, 0.1) is 0 Å². The first-order valence-electron chi connectivity index (χ1n) is 6.17. The highest BCUT2D eigenvalue weighted by atomic mass is 31.1. The summed E-state index contributed by atoms with van der Waals surface area (Å²) in [7, 11) is -0.373. The summed E-state index contributed by atoms with van der Waals surface area (Å²) in [6.07, 6.45) is 1.72. The first-order chi connectivity index (χ1) is 9.70. The number of nitrogens with zero attached hydrogens (tertiary/aromatic N) is 3. The highest BCUT2D eigenvalue weighted by Gasteiger charge is 2.36. The number of ether oxygens (including phenoxy) is 1. The minimum atomic E-state index is -0.373. The van der Waals surface area contributed by atoms with Crippen molar-refractivity contribution in [2.45, 2.75) is 24.8 Å². The zero-order chi connectivity index (χ0) is 14.1. The molecule has 3 atom stereocenters. The van der Waals surface area contributed by atoms with Crippen LogP contribution in [-0.4, -0.2) is 40.8 Å². The summed E-state index contributed by atoms with van der Waals surface area (Å²) in [5.41, 5.74) is 12.4. The van der Waals surface area contributed by atoms with Gasteiger partial charge < -0.3 is 21.5 Å². The maximum atomic E-state index is 10.3. The van der Waals surface area contributed by atoms with Crippen LogP contribution >= 0.6 is 8.69 Å². The molecule has 0 amide bonds. The molecular formula is C10H15N6O3P. The molecule has 20 heavy (non-hydrogen) atoms. The second kappa shape index (κ2) is 5.45. The number of fused-ring (bicyclic) bond motifs is 1. The van der Waals surface area contributed by atoms with Gasteiger partial charge in [-0.15, -0.1) is 0 Å². The van der Waals surface area contributed by atoms with Gasteiger partial charge in [-0.05, 0) is 0 Å². The summed E-state index contributed by atoms with van der Waals surface area (Å²) in [5, 5.41) is 3.12. The molecule has 5 N–H and O–H groups in total. The Hall–Kier alpha value is -1.54. The Labute approximate surface area is 116 Å². The van der Waals surface area contributed by atoms with Crippen LogP contribution in [0.3, 0.4) is 0 Å². The Morgan fingerprint density at radius 2 is 2.50 bits per heavy atom. The van der Waals surface area contributed by atoms with E-state index in [1.54, 1.807) is 6.33 Å². The van der Waals surface area contributed by atoms with Gasteiger partial charge in [-0.25, -0.2) is 14.5 Å². The van der Waals surface area contributed by atoms with Crippen molar-refractivity contribution >= 4 is 20.3 Å². The molecule has 3 rings (SSSR count). The number of anilines is 1. The number of hydrogen-bond donors (Lipinski definition) is 3. The van der Waals surface area contributed by atoms with E-state index in [1.165, 1.54) is 0 Å². The number of aromatic nitrogens is 2. The molecule has 0 aromatic carbocycles. The number of rotatable bonds is 4. The molecule has 1 aromatic heterocycles. The van der Waals surface area contributed by atoms with Crippen LogP contribution in [0.5, 0.6) is 0 Å². The molecular weight excluding hydrogens is 283 g/mol. The normalized spacial score (nSPS) is 29.1. The number of aliphatic imine (C=N–C) groups is 1. The molecule has 0 aliphatic carbocycles. The largest absolute Gasteiger partial charge is 0.382 e. The second-order valence-corrected chi connectivity index (χ2v) is 5.03. The molecule has 1 fully saturated rings. The predicted molar refractivity (Wildman–Crippen MR) is 71.5 cm³/mol. The lowest BCUT2D eigenvalue weighted by atomic mass is 10.1. The smallest absolute Gasteiger partial charge is 0.327 e. The van der Waals surface area contributed by atoms with Gasteiger partial charge in [-0.1, -0.05) is 0 Å². The molecule has 0 saturated carbocycles. The van der Waals surface area contributed by atoms with Crippen LogP contribution < -0.4 is 16.8 Å². The third-order valence-corrected chi connectivity index (χ3v) is 3.67. The van der Waals surface area contributed by atoms with E-state index in [0.29, 0.717) is 24.6 Å². The van der Waals surface area contributed by atoms with Crippen molar-refractivity contribution < 1.29 is 13.8 Å². The average Bonchev–Trinajstić information content (AvgIpc) is 3.01. The van der Waals surface area contributed by atoms with Gasteiger partial charge in [0.25, 0.3) is 0 Å².